The third-order valence-corrected chi connectivity index (χ3v) is 4.76. The average Bonchev–Trinajstić information content (AvgIpc) is 3.11. The molecule has 3 aliphatic heterocycles. The number of halogens is 1. The zero-order valence-electron chi connectivity index (χ0n) is 15.4. The SMILES string of the molecule is CC(C)CN=C(NCCc1ccco1)NCC1CN2CCN1CC2.I. The number of guanidine groups is 1. The van der Waals surface area contributed by atoms with Gasteiger partial charge in [-0.3, -0.25) is 14.8 Å². The van der Waals surface area contributed by atoms with E-state index in [0.717, 1.165) is 37.8 Å². The summed E-state index contributed by atoms with van der Waals surface area (Å²) < 4.78 is 5.39. The van der Waals surface area contributed by atoms with Gasteiger partial charge in [-0.15, -0.1) is 24.0 Å². The van der Waals surface area contributed by atoms with Crippen LogP contribution in [0.4, 0.5) is 0 Å². The molecule has 4 heterocycles. The van der Waals surface area contributed by atoms with Crippen molar-refractivity contribution in [1.29, 1.82) is 0 Å². The first-order chi connectivity index (χ1) is 11.7. The molecular formula is C18H32IN5O. The minimum atomic E-state index is 0. The van der Waals surface area contributed by atoms with E-state index in [0.29, 0.717) is 12.0 Å². The number of hydrogen-bond acceptors (Lipinski definition) is 4. The van der Waals surface area contributed by atoms with Gasteiger partial charge >= 0.3 is 0 Å². The fourth-order valence-corrected chi connectivity index (χ4v) is 3.34. The first-order valence-corrected chi connectivity index (χ1v) is 9.21. The summed E-state index contributed by atoms with van der Waals surface area (Å²) >= 11 is 0. The van der Waals surface area contributed by atoms with Crippen LogP contribution in [-0.4, -0.2) is 74.2 Å². The fraction of sp³-hybridized carbons (Fsp3) is 0.722. The lowest BCUT2D eigenvalue weighted by molar-refractivity contribution is 0.0154. The summed E-state index contributed by atoms with van der Waals surface area (Å²) in [5, 5.41) is 6.99. The van der Waals surface area contributed by atoms with Crippen molar-refractivity contribution in [3.8, 4) is 0 Å². The molecule has 3 saturated heterocycles. The number of aliphatic imine (C=N–C) groups is 1. The number of fused-ring (bicyclic) bond motifs is 3. The predicted molar refractivity (Wildman–Crippen MR) is 113 cm³/mol. The molecular weight excluding hydrogens is 429 g/mol. The minimum absolute atomic E-state index is 0. The maximum absolute atomic E-state index is 5.39. The van der Waals surface area contributed by atoms with E-state index < -0.39 is 0 Å². The highest BCUT2D eigenvalue weighted by atomic mass is 127. The van der Waals surface area contributed by atoms with Gasteiger partial charge in [0.15, 0.2) is 5.96 Å². The molecule has 1 atom stereocenters. The molecule has 25 heavy (non-hydrogen) atoms. The van der Waals surface area contributed by atoms with Crippen molar-refractivity contribution in [2.75, 3.05) is 52.4 Å². The Hall–Kier alpha value is -0.800. The summed E-state index contributed by atoms with van der Waals surface area (Å²) in [7, 11) is 0. The summed E-state index contributed by atoms with van der Waals surface area (Å²) in [5.74, 6) is 2.50. The molecule has 0 aliphatic carbocycles. The number of rotatable bonds is 7. The van der Waals surface area contributed by atoms with E-state index in [1.165, 1.54) is 32.7 Å². The molecule has 142 valence electrons. The van der Waals surface area contributed by atoms with Crippen LogP contribution in [0.2, 0.25) is 0 Å². The topological polar surface area (TPSA) is 56.0 Å². The van der Waals surface area contributed by atoms with Crippen LogP contribution < -0.4 is 10.6 Å². The second kappa shape index (κ2) is 10.4. The number of nitrogens with zero attached hydrogens (tertiary/aromatic N) is 3. The molecule has 0 spiro atoms. The monoisotopic (exact) mass is 461 g/mol. The quantitative estimate of drug-likeness (QED) is 0.368. The highest BCUT2D eigenvalue weighted by Crippen LogP contribution is 2.14. The van der Waals surface area contributed by atoms with Crippen LogP contribution in [-0.2, 0) is 6.42 Å². The molecule has 3 aliphatic rings. The van der Waals surface area contributed by atoms with Crippen molar-refractivity contribution in [3.63, 3.8) is 0 Å². The van der Waals surface area contributed by atoms with Crippen molar-refractivity contribution in [3.05, 3.63) is 24.2 Å². The van der Waals surface area contributed by atoms with Gasteiger partial charge in [0.25, 0.3) is 0 Å². The zero-order valence-corrected chi connectivity index (χ0v) is 17.7. The average molecular weight is 461 g/mol. The van der Waals surface area contributed by atoms with E-state index in [2.05, 4.69) is 34.3 Å². The highest BCUT2D eigenvalue weighted by Gasteiger charge is 2.31. The molecule has 4 rings (SSSR count). The van der Waals surface area contributed by atoms with E-state index in [1.54, 1.807) is 6.26 Å². The van der Waals surface area contributed by atoms with Crippen LogP contribution in [0.1, 0.15) is 19.6 Å². The Morgan fingerprint density at radius 1 is 1.28 bits per heavy atom. The Morgan fingerprint density at radius 3 is 2.68 bits per heavy atom. The third-order valence-electron chi connectivity index (χ3n) is 4.76. The van der Waals surface area contributed by atoms with Gasteiger partial charge in [-0.2, -0.15) is 0 Å². The van der Waals surface area contributed by atoms with Crippen molar-refractivity contribution >= 4 is 29.9 Å². The van der Waals surface area contributed by atoms with E-state index in [1.807, 2.05) is 12.1 Å². The van der Waals surface area contributed by atoms with Crippen molar-refractivity contribution in [1.82, 2.24) is 20.4 Å². The summed E-state index contributed by atoms with van der Waals surface area (Å²) in [6, 6.07) is 4.55. The normalized spacial score (nSPS) is 25.7. The Kier molecular flexibility index (Phi) is 8.51. The third kappa shape index (κ3) is 6.45. The number of piperazine rings is 3. The standard InChI is InChI=1S/C18H31N5O.HI/c1-15(2)12-20-18(19-6-5-17-4-3-11-24-17)21-13-16-14-22-7-9-23(16)10-8-22;/h3-4,11,15-16H,5-10,12-14H2,1-2H3,(H2,19,20,21);1H. The van der Waals surface area contributed by atoms with Crippen molar-refractivity contribution in [2.45, 2.75) is 26.3 Å². The number of furan rings is 1. The van der Waals surface area contributed by atoms with Crippen LogP contribution in [0.25, 0.3) is 0 Å². The Morgan fingerprint density at radius 2 is 2.08 bits per heavy atom. The van der Waals surface area contributed by atoms with Crippen molar-refractivity contribution < 1.29 is 4.42 Å². The molecule has 2 N–H and O–H groups in total. The van der Waals surface area contributed by atoms with Gasteiger partial charge in [0.05, 0.1) is 6.26 Å². The lowest BCUT2D eigenvalue weighted by Crippen LogP contribution is -2.63. The predicted octanol–water partition coefficient (Wildman–Crippen LogP) is 1.63. The summed E-state index contributed by atoms with van der Waals surface area (Å²) in [6.45, 7) is 13.1. The van der Waals surface area contributed by atoms with Gasteiger partial charge in [-0.05, 0) is 18.1 Å². The molecule has 0 saturated carbocycles. The molecule has 1 aromatic rings. The Balaban J connectivity index is 0.00000225. The van der Waals surface area contributed by atoms with Gasteiger partial charge in [-0.25, -0.2) is 0 Å². The largest absolute Gasteiger partial charge is 0.469 e. The first kappa shape index (κ1) is 20.5. The molecule has 0 radical (unpaired) electrons. The van der Waals surface area contributed by atoms with Gasteiger partial charge < -0.3 is 15.1 Å². The minimum Gasteiger partial charge on any atom is -0.469 e. The molecule has 1 unspecified atom stereocenters. The van der Waals surface area contributed by atoms with Crippen LogP contribution in [0.15, 0.2) is 27.8 Å². The Labute approximate surface area is 168 Å². The number of nitrogens with one attached hydrogen (secondary N) is 2. The van der Waals surface area contributed by atoms with Crippen LogP contribution in [0.5, 0.6) is 0 Å². The van der Waals surface area contributed by atoms with E-state index >= 15 is 0 Å². The lowest BCUT2D eigenvalue weighted by atomic mass is 10.1. The van der Waals surface area contributed by atoms with Crippen LogP contribution in [0.3, 0.4) is 0 Å². The molecule has 3 fully saturated rings. The van der Waals surface area contributed by atoms with Gasteiger partial charge in [0.2, 0.25) is 0 Å². The molecule has 0 aromatic carbocycles. The summed E-state index contributed by atoms with van der Waals surface area (Å²) in [5.41, 5.74) is 0. The molecule has 0 amide bonds. The fourth-order valence-electron chi connectivity index (χ4n) is 3.34. The van der Waals surface area contributed by atoms with E-state index in [9.17, 15) is 0 Å². The zero-order chi connectivity index (χ0) is 16.8. The molecule has 6 nitrogen and oxygen atoms in total. The van der Waals surface area contributed by atoms with E-state index in [4.69, 9.17) is 9.41 Å². The first-order valence-electron chi connectivity index (χ1n) is 9.21. The summed E-state index contributed by atoms with van der Waals surface area (Å²) in [6.07, 6.45) is 2.60. The smallest absolute Gasteiger partial charge is 0.191 e. The van der Waals surface area contributed by atoms with Crippen LogP contribution >= 0.6 is 24.0 Å². The molecule has 7 heteroatoms. The van der Waals surface area contributed by atoms with Gasteiger partial charge in [0.1, 0.15) is 5.76 Å². The second-order valence-corrected chi connectivity index (χ2v) is 7.21. The lowest BCUT2D eigenvalue weighted by Gasteiger charge is -2.47. The maximum atomic E-state index is 5.39. The van der Waals surface area contributed by atoms with Crippen LogP contribution in [0, 0.1) is 5.92 Å². The molecule has 2 bridgehead atoms. The number of hydrogen-bond donors (Lipinski definition) is 2. The second-order valence-electron chi connectivity index (χ2n) is 7.21. The Bertz CT molecular complexity index is 512. The van der Waals surface area contributed by atoms with E-state index in [-0.39, 0.29) is 24.0 Å². The summed E-state index contributed by atoms with van der Waals surface area (Å²) in [4.78, 5) is 9.90. The van der Waals surface area contributed by atoms with Gasteiger partial charge in [0, 0.05) is 64.8 Å². The maximum Gasteiger partial charge on any atom is 0.191 e. The van der Waals surface area contributed by atoms with Gasteiger partial charge in [-0.1, -0.05) is 13.8 Å². The highest BCUT2D eigenvalue weighted by molar-refractivity contribution is 14.0. The van der Waals surface area contributed by atoms with Crippen molar-refractivity contribution in [2.24, 2.45) is 10.9 Å². The molecule has 1 aromatic heterocycles.